The van der Waals surface area contributed by atoms with E-state index >= 15 is 0 Å². The number of nitrogens with zero attached hydrogens (tertiary/aromatic N) is 1. The smallest absolute Gasteiger partial charge is 0.237 e. The van der Waals surface area contributed by atoms with Crippen molar-refractivity contribution in [3.8, 4) is 0 Å². The summed E-state index contributed by atoms with van der Waals surface area (Å²) in [6.45, 7) is 6.49. The molecule has 0 aromatic heterocycles. The largest absolute Gasteiger partial charge is 0.354 e. The van der Waals surface area contributed by atoms with Crippen LogP contribution in [0.25, 0.3) is 0 Å². The second-order valence-corrected chi connectivity index (χ2v) is 7.30. The molecule has 21 heavy (non-hydrogen) atoms. The van der Waals surface area contributed by atoms with E-state index in [-0.39, 0.29) is 6.04 Å². The van der Waals surface area contributed by atoms with Crippen LogP contribution in [0.4, 0.5) is 0 Å². The van der Waals surface area contributed by atoms with Gasteiger partial charge in [0, 0.05) is 12.6 Å². The van der Waals surface area contributed by atoms with E-state index < -0.39 is 0 Å². The molecule has 3 fully saturated rings. The van der Waals surface area contributed by atoms with Gasteiger partial charge in [-0.25, -0.2) is 0 Å². The van der Waals surface area contributed by atoms with E-state index in [1.807, 2.05) is 0 Å². The van der Waals surface area contributed by atoms with Crippen LogP contribution in [-0.4, -0.2) is 49.1 Å². The Balaban J connectivity index is 1.53. The quantitative estimate of drug-likeness (QED) is 0.814. The molecule has 0 aromatic rings. The molecule has 1 aliphatic carbocycles. The number of piperidine rings is 1. The highest BCUT2D eigenvalue weighted by atomic mass is 16.2. The monoisotopic (exact) mass is 293 g/mol. The van der Waals surface area contributed by atoms with Gasteiger partial charge in [0.15, 0.2) is 0 Å². The fourth-order valence-electron chi connectivity index (χ4n) is 4.37. The van der Waals surface area contributed by atoms with Gasteiger partial charge in [-0.3, -0.25) is 9.69 Å². The van der Waals surface area contributed by atoms with Gasteiger partial charge < -0.3 is 10.6 Å². The molecule has 3 rings (SSSR count). The van der Waals surface area contributed by atoms with Crippen LogP contribution in [0.3, 0.4) is 0 Å². The predicted molar refractivity (Wildman–Crippen MR) is 85.2 cm³/mol. The average Bonchev–Trinajstić information content (AvgIpc) is 2.97. The lowest BCUT2D eigenvalue weighted by atomic mass is 9.67. The Hall–Kier alpha value is -0.610. The molecule has 4 nitrogen and oxygen atoms in total. The molecule has 2 aliphatic heterocycles. The first-order chi connectivity index (χ1) is 10.2. The van der Waals surface area contributed by atoms with E-state index in [1.165, 1.54) is 44.9 Å². The minimum atomic E-state index is 0.141. The zero-order valence-corrected chi connectivity index (χ0v) is 13.5. The first kappa shape index (κ1) is 15.3. The van der Waals surface area contributed by atoms with Gasteiger partial charge in [-0.2, -0.15) is 0 Å². The molecule has 0 spiro atoms. The fraction of sp³-hybridized carbons (Fsp3) is 0.941. The zero-order valence-electron chi connectivity index (χ0n) is 13.5. The molecule has 4 heteroatoms. The molecule has 0 aromatic carbocycles. The van der Waals surface area contributed by atoms with Gasteiger partial charge in [-0.15, -0.1) is 0 Å². The highest BCUT2D eigenvalue weighted by Crippen LogP contribution is 2.43. The topological polar surface area (TPSA) is 44.4 Å². The standard InChI is InChI=1S/C17H31N3O/c1-2-17(8-4-9-17)13-19-16(21)15-5-3-12-20(15)14-6-10-18-11-7-14/h14-15,18H,2-13H2,1H3,(H,19,21). The number of carbonyl (C=O) groups is 1. The molecular weight excluding hydrogens is 262 g/mol. The number of rotatable bonds is 5. The van der Waals surface area contributed by atoms with Crippen LogP contribution in [0, 0.1) is 5.41 Å². The Labute approximate surface area is 129 Å². The van der Waals surface area contributed by atoms with Gasteiger partial charge in [0.2, 0.25) is 5.91 Å². The fourth-order valence-corrected chi connectivity index (χ4v) is 4.37. The minimum Gasteiger partial charge on any atom is -0.354 e. The molecule has 1 unspecified atom stereocenters. The first-order valence-corrected chi connectivity index (χ1v) is 8.98. The molecule has 120 valence electrons. The first-order valence-electron chi connectivity index (χ1n) is 8.98. The van der Waals surface area contributed by atoms with Crippen LogP contribution in [0.2, 0.25) is 0 Å². The van der Waals surface area contributed by atoms with Gasteiger partial charge in [-0.1, -0.05) is 13.3 Å². The molecule has 2 saturated heterocycles. The number of hydrogen-bond acceptors (Lipinski definition) is 3. The van der Waals surface area contributed by atoms with Crippen LogP contribution in [-0.2, 0) is 4.79 Å². The van der Waals surface area contributed by atoms with E-state index in [9.17, 15) is 4.79 Å². The number of nitrogens with one attached hydrogen (secondary N) is 2. The number of hydrogen-bond donors (Lipinski definition) is 2. The summed E-state index contributed by atoms with van der Waals surface area (Å²) in [4.78, 5) is 15.1. The summed E-state index contributed by atoms with van der Waals surface area (Å²) in [6.07, 6.45) is 9.77. The summed E-state index contributed by atoms with van der Waals surface area (Å²) < 4.78 is 0. The van der Waals surface area contributed by atoms with E-state index in [0.29, 0.717) is 17.4 Å². The third kappa shape index (κ3) is 3.26. The van der Waals surface area contributed by atoms with E-state index in [1.54, 1.807) is 0 Å². The Morgan fingerprint density at radius 2 is 2.00 bits per heavy atom. The van der Waals surface area contributed by atoms with Crippen molar-refractivity contribution in [2.24, 2.45) is 5.41 Å². The van der Waals surface area contributed by atoms with Crippen molar-refractivity contribution in [3.63, 3.8) is 0 Å². The summed E-state index contributed by atoms with van der Waals surface area (Å²) >= 11 is 0. The SMILES string of the molecule is CCC1(CNC(=O)C2CCCN2C2CCNCC2)CCC1. The van der Waals surface area contributed by atoms with E-state index in [2.05, 4.69) is 22.5 Å². The Bertz CT molecular complexity index is 356. The van der Waals surface area contributed by atoms with Crippen LogP contribution in [0.1, 0.15) is 58.3 Å². The Morgan fingerprint density at radius 3 is 2.62 bits per heavy atom. The molecule has 1 atom stereocenters. The Kier molecular flexibility index (Phi) is 4.85. The summed E-state index contributed by atoms with van der Waals surface area (Å²) in [6, 6.07) is 0.760. The molecule has 2 N–H and O–H groups in total. The van der Waals surface area contributed by atoms with Crippen molar-refractivity contribution in [2.45, 2.75) is 70.4 Å². The molecular formula is C17H31N3O. The maximum absolute atomic E-state index is 12.6. The summed E-state index contributed by atoms with van der Waals surface area (Å²) in [5.74, 6) is 0.297. The normalized spacial score (nSPS) is 30.0. The van der Waals surface area contributed by atoms with Crippen molar-refractivity contribution in [1.29, 1.82) is 0 Å². The lowest BCUT2D eigenvalue weighted by Gasteiger charge is -2.42. The second-order valence-electron chi connectivity index (χ2n) is 7.30. The van der Waals surface area contributed by atoms with E-state index in [0.717, 1.165) is 32.6 Å². The van der Waals surface area contributed by atoms with Gasteiger partial charge in [0.1, 0.15) is 0 Å². The summed E-state index contributed by atoms with van der Waals surface area (Å²) in [5.41, 5.74) is 0.424. The molecule has 0 bridgehead atoms. The van der Waals surface area contributed by atoms with Crippen molar-refractivity contribution in [2.75, 3.05) is 26.2 Å². The van der Waals surface area contributed by atoms with Crippen LogP contribution in [0.5, 0.6) is 0 Å². The van der Waals surface area contributed by atoms with Crippen molar-refractivity contribution in [1.82, 2.24) is 15.5 Å². The van der Waals surface area contributed by atoms with E-state index in [4.69, 9.17) is 0 Å². The molecule has 1 saturated carbocycles. The Morgan fingerprint density at radius 1 is 1.24 bits per heavy atom. The van der Waals surface area contributed by atoms with Crippen molar-refractivity contribution >= 4 is 5.91 Å². The van der Waals surface area contributed by atoms with Gasteiger partial charge >= 0.3 is 0 Å². The maximum Gasteiger partial charge on any atom is 0.237 e. The molecule has 1 amide bonds. The number of carbonyl (C=O) groups excluding carboxylic acids is 1. The molecule has 2 heterocycles. The zero-order chi connectivity index (χ0) is 14.7. The average molecular weight is 293 g/mol. The van der Waals surface area contributed by atoms with Gasteiger partial charge in [0.25, 0.3) is 0 Å². The van der Waals surface area contributed by atoms with Gasteiger partial charge in [-0.05, 0) is 70.0 Å². The lowest BCUT2D eigenvalue weighted by Crippen LogP contribution is -2.52. The van der Waals surface area contributed by atoms with Crippen LogP contribution >= 0.6 is 0 Å². The minimum absolute atomic E-state index is 0.141. The third-order valence-corrected chi connectivity index (χ3v) is 6.18. The van der Waals surface area contributed by atoms with Crippen molar-refractivity contribution < 1.29 is 4.79 Å². The van der Waals surface area contributed by atoms with Gasteiger partial charge in [0.05, 0.1) is 6.04 Å². The second kappa shape index (κ2) is 6.66. The summed E-state index contributed by atoms with van der Waals surface area (Å²) in [7, 11) is 0. The van der Waals surface area contributed by atoms with Crippen LogP contribution < -0.4 is 10.6 Å². The summed E-state index contributed by atoms with van der Waals surface area (Å²) in [5, 5.41) is 6.71. The van der Waals surface area contributed by atoms with Crippen LogP contribution in [0.15, 0.2) is 0 Å². The number of likely N-dealkylation sites (tertiary alicyclic amines) is 1. The predicted octanol–water partition coefficient (Wildman–Crippen LogP) is 1.90. The molecule has 3 aliphatic rings. The lowest BCUT2D eigenvalue weighted by molar-refractivity contribution is -0.127. The third-order valence-electron chi connectivity index (χ3n) is 6.18. The highest BCUT2D eigenvalue weighted by molar-refractivity contribution is 5.82. The molecule has 0 radical (unpaired) electrons. The highest BCUT2D eigenvalue weighted by Gasteiger charge is 2.38. The van der Waals surface area contributed by atoms with Crippen molar-refractivity contribution in [3.05, 3.63) is 0 Å². The maximum atomic E-state index is 12.6. The number of amides is 1.